The molecule has 0 N–H and O–H groups in total. The minimum absolute atomic E-state index is 0.900. The summed E-state index contributed by atoms with van der Waals surface area (Å²) >= 11 is 0. The van der Waals surface area contributed by atoms with E-state index in [0.717, 1.165) is 17.1 Å². The van der Waals surface area contributed by atoms with Crippen LogP contribution in [0.15, 0.2) is 194 Å². The van der Waals surface area contributed by atoms with Crippen molar-refractivity contribution in [2.75, 3.05) is 0 Å². The van der Waals surface area contributed by atoms with Crippen LogP contribution in [0, 0.1) is 0 Å². The molecule has 0 unspecified atom stereocenters. The molecule has 0 fully saturated rings. The van der Waals surface area contributed by atoms with Gasteiger partial charge in [-0.2, -0.15) is 0 Å². The zero-order valence-electron chi connectivity index (χ0n) is 29.9. The van der Waals surface area contributed by atoms with Gasteiger partial charge >= 0.3 is 0 Å². The Morgan fingerprint density at radius 1 is 0.255 bits per heavy atom. The molecule has 55 heavy (non-hydrogen) atoms. The van der Waals surface area contributed by atoms with E-state index >= 15 is 0 Å². The number of fused-ring (bicyclic) bond motifs is 9. The highest BCUT2D eigenvalue weighted by Crippen LogP contribution is 2.49. The van der Waals surface area contributed by atoms with Crippen molar-refractivity contribution in [3.8, 4) is 56.0 Å². The quantitative estimate of drug-likeness (QED) is 0.132. The van der Waals surface area contributed by atoms with Gasteiger partial charge in [-0.1, -0.05) is 170 Å². The van der Waals surface area contributed by atoms with Crippen LogP contribution in [0.3, 0.4) is 0 Å². The van der Waals surface area contributed by atoms with E-state index in [1.165, 1.54) is 104 Å². The minimum atomic E-state index is 0.900. The molecule has 11 aromatic carbocycles. The maximum absolute atomic E-state index is 6.40. The van der Waals surface area contributed by atoms with Crippen LogP contribution in [0.5, 0.6) is 11.5 Å². The number of hydrogen-bond donors (Lipinski definition) is 0. The molecule has 0 radical (unpaired) electrons. The number of benzene rings is 11. The van der Waals surface area contributed by atoms with Crippen molar-refractivity contribution >= 4 is 64.6 Å². The third-order valence-corrected chi connectivity index (χ3v) is 11.8. The molecule has 0 aliphatic carbocycles. The van der Waals surface area contributed by atoms with Gasteiger partial charge in [0, 0.05) is 10.9 Å². The first-order chi connectivity index (χ1) is 27.3. The average molecular weight is 697 g/mol. The summed E-state index contributed by atoms with van der Waals surface area (Å²) in [5.41, 5.74) is 9.72. The predicted octanol–water partition coefficient (Wildman–Crippen LogP) is 15.4. The van der Waals surface area contributed by atoms with E-state index in [1.54, 1.807) is 0 Å². The molecule has 1 aliphatic heterocycles. The van der Waals surface area contributed by atoms with Gasteiger partial charge in [-0.15, -0.1) is 0 Å². The molecule has 0 amide bonds. The first-order valence-corrected chi connectivity index (χ1v) is 19.0. The lowest BCUT2D eigenvalue weighted by molar-refractivity contribution is 0.487. The molecular formula is C54H32O. The highest BCUT2D eigenvalue weighted by atomic mass is 16.5. The number of hydrogen-bond acceptors (Lipinski definition) is 1. The molecule has 1 aliphatic rings. The lowest BCUT2D eigenvalue weighted by atomic mass is 9.83. The van der Waals surface area contributed by atoms with Gasteiger partial charge < -0.3 is 4.74 Å². The zero-order valence-corrected chi connectivity index (χ0v) is 29.9. The second kappa shape index (κ2) is 11.6. The molecule has 254 valence electrons. The van der Waals surface area contributed by atoms with Crippen molar-refractivity contribution in [1.29, 1.82) is 0 Å². The summed E-state index contributed by atoms with van der Waals surface area (Å²) in [6.45, 7) is 0. The fourth-order valence-electron chi connectivity index (χ4n) is 9.39. The summed E-state index contributed by atoms with van der Waals surface area (Å²) in [5.74, 6) is 1.82. The Balaban J connectivity index is 1.04. The van der Waals surface area contributed by atoms with Crippen LogP contribution in [0.4, 0.5) is 0 Å². The Hall–Kier alpha value is -7.22. The van der Waals surface area contributed by atoms with Crippen molar-refractivity contribution in [3.05, 3.63) is 194 Å². The van der Waals surface area contributed by atoms with Gasteiger partial charge in [0.25, 0.3) is 0 Å². The van der Waals surface area contributed by atoms with E-state index in [9.17, 15) is 0 Å². The van der Waals surface area contributed by atoms with Crippen LogP contribution in [0.1, 0.15) is 0 Å². The predicted molar refractivity (Wildman–Crippen MR) is 233 cm³/mol. The van der Waals surface area contributed by atoms with Gasteiger partial charge in [0.1, 0.15) is 11.5 Å². The van der Waals surface area contributed by atoms with E-state index < -0.39 is 0 Å². The highest BCUT2D eigenvalue weighted by molar-refractivity contribution is 6.28. The third-order valence-electron chi connectivity index (χ3n) is 11.8. The standard InChI is InChI=1S/C54H32O/c1-2-14-39-34(11-1)25-28-38-32-48(40-15-3-4-16-41(40)52(38)39)54-44-19-7-5-17-42(44)51(43-18-6-8-20-45(43)54)36-26-23-33(24-27-36)37-29-30-49-47(31-37)46-21-9-12-35-13-10-22-50(55-49)53(35)46/h1-32H. The number of rotatable bonds is 3. The van der Waals surface area contributed by atoms with Gasteiger partial charge in [0.05, 0.1) is 0 Å². The van der Waals surface area contributed by atoms with Gasteiger partial charge in [0.2, 0.25) is 0 Å². The van der Waals surface area contributed by atoms with Crippen LogP contribution < -0.4 is 4.74 Å². The molecule has 0 atom stereocenters. The van der Waals surface area contributed by atoms with E-state index in [0.29, 0.717) is 0 Å². The molecule has 11 aromatic rings. The first kappa shape index (κ1) is 30.3. The topological polar surface area (TPSA) is 9.23 Å². The van der Waals surface area contributed by atoms with E-state index in [4.69, 9.17) is 4.74 Å². The summed E-state index contributed by atoms with van der Waals surface area (Å²) in [5, 5.41) is 15.1. The molecule has 12 rings (SSSR count). The van der Waals surface area contributed by atoms with Crippen molar-refractivity contribution < 1.29 is 4.74 Å². The maximum atomic E-state index is 6.40. The molecule has 0 saturated heterocycles. The zero-order chi connectivity index (χ0) is 36.0. The van der Waals surface area contributed by atoms with Crippen molar-refractivity contribution in [1.82, 2.24) is 0 Å². The highest BCUT2D eigenvalue weighted by Gasteiger charge is 2.22. The average Bonchev–Trinajstić information content (AvgIpc) is 3.25. The van der Waals surface area contributed by atoms with Crippen LogP contribution >= 0.6 is 0 Å². The summed E-state index contributed by atoms with van der Waals surface area (Å²) in [6.07, 6.45) is 0. The molecule has 0 spiro atoms. The minimum Gasteiger partial charge on any atom is -0.456 e. The molecule has 0 saturated carbocycles. The smallest absolute Gasteiger partial charge is 0.135 e. The van der Waals surface area contributed by atoms with Crippen LogP contribution in [-0.4, -0.2) is 0 Å². The second-order valence-corrected chi connectivity index (χ2v) is 14.7. The van der Waals surface area contributed by atoms with Crippen molar-refractivity contribution in [3.63, 3.8) is 0 Å². The molecular weight excluding hydrogens is 665 g/mol. The lowest BCUT2D eigenvalue weighted by Crippen LogP contribution is -1.97. The molecule has 1 nitrogen and oxygen atoms in total. The Kier molecular flexibility index (Phi) is 6.40. The Morgan fingerprint density at radius 3 is 1.56 bits per heavy atom. The Morgan fingerprint density at radius 2 is 0.818 bits per heavy atom. The van der Waals surface area contributed by atoms with E-state index in [-0.39, 0.29) is 0 Å². The Bertz CT molecular complexity index is 3330. The molecule has 1 heteroatoms. The fourth-order valence-corrected chi connectivity index (χ4v) is 9.39. The maximum Gasteiger partial charge on any atom is 0.135 e. The SMILES string of the molecule is c1cc2c3c(cccc3c1)-c1cc(-c3ccc(-c4c5ccccc5c(-c5cc6ccc7ccccc7c6c6ccccc56)c5ccccc45)cc3)ccc1O2. The van der Waals surface area contributed by atoms with Gasteiger partial charge in [-0.05, 0) is 122 Å². The molecule has 0 aromatic heterocycles. The summed E-state index contributed by atoms with van der Waals surface area (Å²) < 4.78 is 6.40. The summed E-state index contributed by atoms with van der Waals surface area (Å²) in [6, 6.07) is 71.1. The normalized spacial score (nSPS) is 12.1. The van der Waals surface area contributed by atoms with Crippen LogP contribution in [-0.2, 0) is 0 Å². The lowest BCUT2D eigenvalue weighted by Gasteiger charge is -2.22. The summed E-state index contributed by atoms with van der Waals surface area (Å²) in [4.78, 5) is 0. The van der Waals surface area contributed by atoms with E-state index in [2.05, 4.69) is 194 Å². The monoisotopic (exact) mass is 696 g/mol. The van der Waals surface area contributed by atoms with Gasteiger partial charge in [0.15, 0.2) is 0 Å². The van der Waals surface area contributed by atoms with Crippen LogP contribution in [0.2, 0.25) is 0 Å². The third kappa shape index (κ3) is 4.48. The van der Waals surface area contributed by atoms with Crippen molar-refractivity contribution in [2.45, 2.75) is 0 Å². The second-order valence-electron chi connectivity index (χ2n) is 14.7. The van der Waals surface area contributed by atoms with Gasteiger partial charge in [-0.3, -0.25) is 0 Å². The number of ether oxygens (including phenoxy) is 1. The molecule has 1 heterocycles. The Labute approximate surface area is 318 Å². The van der Waals surface area contributed by atoms with Crippen LogP contribution in [0.25, 0.3) is 109 Å². The fraction of sp³-hybridized carbons (Fsp3) is 0. The largest absolute Gasteiger partial charge is 0.456 e. The van der Waals surface area contributed by atoms with Crippen molar-refractivity contribution in [2.24, 2.45) is 0 Å². The first-order valence-electron chi connectivity index (χ1n) is 19.0. The molecule has 0 bridgehead atoms. The summed E-state index contributed by atoms with van der Waals surface area (Å²) in [7, 11) is 0. The van der Waals surface area contributed by atoms with E-state index in [1.807, 2.05) is 0 Å². The van der Waals surface area contributed by atoms with Gasteiger partial charge in [-0.25, -0.2) is 0 Å².